The van der Waals surface area contributed by atoms with E-state index in [1.165, 1.54) is 0 Å². The minimum absolute atomic E-state index is 0. The van der Waals surface area contributed by atoms with Gasteiger partial charge < -0.3 is 111 Å². The number of nitrogens with zero attached hydrogens (tertiary/aromatic N) is 14. The second-order valence-corrected chi connectivity index (χ2v) is 38.6. The van der Waals surface area contributed by atoms with Gasteiger partial charge in [0.2, 0.25) is 12.8 Å². The number of rotatable bonds is 21. The number of hydrogen-bond acceptors (Lipinski definition) is 30. The van der Waals surface area contributed by atoms with Crippen molar-refractivity contribution in [2.45, 2.75) is 177 Å². The van der Waals surface area contributed by atoms with E-state index in [1.54, 1.807) is 29.4 Å². The average Bonchev–Trinajstić information content (AvgIpc) is 1.80. The first kappa shape index (κ1) is 114. The Labute approximate surface area is 751 Å². The van der Waals surface area contributed by atoms with Crippen molar-refractivity contribution in [3.63, 3.8) is 0 Å². The van der Waals surface area contributed by atoms with Gasteiger partial charge in [-0.25, -0.2) is 28.8 Å². The van der Waals surface area contributed by atoms with Gasteiger partial charge in [0, 0.05) is 313 Å². The van der Waals surface area contributed by atoms with E-state index in [-0.39, 0.29) is 24.6 Å². The lowest BCUT2D eigenvalue weighted by molar-refractivity contribution is -0.119. The Balaban J connectivity index is 0.000000587. The van der Waals surface area contributed by atoms with Crippen LogP contribution >= 0.6 is 28.3 Å². The number of hydrogen-bond donors (Lipinski definition) is 10. The van der Waals surface area contributed by atoms with Gasteiger partial charge in [-0.15, -0.1) is 12.4 Å². The molecule has 720 valence electrons. The molecule has 38 nitrogen and oxygen atoms in total. The van der Waals surface area contributed by atoms with Crippen LogP contribution in [0.15, 0.2) is 0 Å². The summed E-state index contributed by atoms with van der Waals surface area (Å²) in [5, 5.41) is 51.6. The lowest BCUT2D eigenvalue weighted by atomic mass is 10.2. The standard InChI is InChI=1S/C33H63N7O8.C19H36BrN3O5.C17H39N7O.C14H28N4O3.ClH/c1-31(2,3)46-28(43)34-10-11-35-12-14-36(15-17-38(26-41)16-13-35)24-27(42)25-37-18-20-39(29(44)47-32(4,5)6)22-23-40(21-19-37)30(45)48-33(7,8)9;1-18(2,3)27-16(25)22-9-7-21(14-15(24)13-20)8-10-23(12-11-22)17(26)28-19(4,5)6;18-1-8-22-9-4-21-7-12-24(14-13-22)16-17(25)15-23-10-5-19-2-3-20-6-11-23;1-14(2,3)21-13(20)16-6-9-17-7-4-15-5-8-18(12-19)11-10-17;/h26-27,42H,10-25H2,1-9H3,(H,34,43);15,24H,7-14H2,1-6H3;17,19-21,25H,1-16,18H2;12,15H,4-11H2,1-3H3,(H,16,20);1H. The largest absolute Gasteiger partial charge is 0.444 e. The van der Waals surface area contributed by atoms with Crippen LogP contribution < -0.4 is 37.6 Å². The number of β-amino-alcohol motifs (C(OH)–C–C–N with tert-alkyl or cyclic N) is 3. The van der Waals surface area contributed by atoms with Gasteiger partial charge in [-0.3, -0.25) is 48.8 Å². The van der Waals surface area contributed by atoms with Crippen molar-refractivity contribution < 1.29 is 82.1 Å². The molecule has 0 radical (unpaired) electrons. The van der Waals surface area contributed by atoms with Gasteiger partial charge in [0.05, 0.1) is 18.3 Å². The molecule has 0 bridgehead atoms. The molecule has 6 rings (SSSR count). The molecule has 0 aliphatic carbocycles. The van der Waals surface area contributed by atoms with Crippen LogP contribution in [-0.2, 0) is 38.0 Å². The molecule has 3 atom stereocenters. The smallest absolute Gasteiger partial charge is 0.410 e. The molecule has 123 heavy (non-hydrogen) atoms. The third kappa shape index (κ3) is 57.3. The van der Waals surface area contributed by atoms with Crippen molar-refractivity contribution in [2.24, 2.45) is 5.73 Å². The maximum Gasteiger partial charge on any atom is 0.410 e. The summed E-state index contributed by atoms with van der Waals surface area (Å²) in [6.45, 7) is 65.5. The van der Waals surface area contributed by atoms with E-state index in [0.717, 1.165) is 157 Å². The molecule has 0 aromatic rings. The molecule has 6 heterocycles. The molecule has 6 aliphatic rings. The molecule has 3 unspecified atom stereocenters. The van der Waals surface area contributed by atoms with Crippen molar-refractivity contribution in [3.05, 3.63) is 0 Å². The first-order chi connectivity index (χ1) is 57.2. The Morgan fingerprint density at radius 2 is 0.545 bits per heavy atom. The second-order valence-electron chi connectivity index (χ2n) is 37.9. The summed E-state index contributed by atoms with van der Waals surface area (Å²) in [5.74, 6) is 0. The number of alkyl carbamates (subject to hydrolysis) is 2. The highest BCUT2D eigenvalue weighted by Gasteiger charge is 2.33. The van der Waals surface area contributed by atoms with E-state index < -0.39 is 76.3 Å². The zero-order valence-corrected chi connectivity index (χ0v) is 80.9. The average molecular weight is 1850 g/mol. The Morgan fingerprint density at radius 3 is 0.846 bits per heavy atom. The molecule has 6 fully saturated rings. The zero-order chi connectivity index (χ0) is 91.1. The quantitative estimate of drug-likeness (QED) is 0.0443. The molecular weight excluding hydrogens is 1680 g/mol. The Morgan fingerprint density at radius 1 is 0.325 bits per heavy atom. The molecule has 40 heteroatoms. The summed E-state index contributed by atoms with van der Waals surface area (Å²) in [6.07, 6.45) is -2.35. The fraction of sp³-hybridized carbons (Fsp3) is 0.904. The summed E-state index contributed by atoms with van der Waals surface area (Å²) in [7, 11) is 0. The van der Waals surface area contributed by atoms with Gasteiger partial charge in [-0.1, -0.05) is 15.9 Å². The lowest BCUT2D eigenvalue weighted by Gasteiger charge is -2.31. The highest BCUT2D eigenvalue weighted by molar-refractivity contribution is 9.09. The van der Waals surface area contributed by atoms with E-state index in [4.69, 9.17) is 34.2 Å². The normalized spacial score (nSPS) is 20.1. The second kappa shape index (κ2) is 59.7. The molecule has 0 saturated carbocycles. The van der Waals surface area contributed by atoms with Crippen LogP contribution in [-0.4, -0.2) is 498 Å². The summed E-state index contributed by atoms with van der Waals surface area (Å²) < 4.78 is 32.8. The van der Waals surface area contributed by atoms with Gasteiger partial charge in [0.25, 0.3) is 0 Å². The first-order valence-corrected chi connectivity index (χ1v) is 45.5. The van der Waals surface area contributed by atoms with E-state index in [9.17, 15) is 53.7 Å². The van der Waals surface area contributed by atoms with Crippen LogP contribution in [0.4, 0.5) is 28.8 Å². The topological polar surface area (TPSA) is 396 Å². The molecule has 6 saturated heterocycles. The molecule has 8 amide bonds. The summed E-state index contributed by atoms with van der Waals surface area (Å²) in [5.41, 5.74) is 2.16. The van der Waals surface area contributed by atoms with Gasteiger partial charge in [0.1, 0.15) is 33.6 Å². The zero-order valence-electron chi connectivity index (χ0n) is 78.5. The number of ether oxygens (including phenoxy) is 6. The van der Waals surface area contributed by atoms with Crippen LogP contribution in [0.1, 0.15) is 125 Å². The minimum Gasteiger partial charge on any atom is -0.444 e. The molecule has 0 aromatic carbocycles. The first-order valence-electron chi connectivity index (χ1n) is 44.4. The van der Waals surface area contributed by atoms with E-state index in [2.05, 4.69) is 82.1 Å². The molecule has 0 aromatic heterocycles. The van der Waals surface area contributed by atoms with Crippen molar-refractivity contribution in [2.75, 3.05) is 313 Å². The number of aliphatic hydroxyl groups is 3. The van der Waals surface area contributed by atoms with Crippen LogP contribution in [0.5, 0.6) is 0 Å². The third-order valence-corrected chi connectivity index (χ3v) is 20.5. The maximum atomic E-state index is 13.0. The molecule has 11 N–H and O–H groups in total. The monoisotopic (exact) mass is 1840 g/mol. The van der Waals surface area contributed by atoms with Crippen LogP contribution in [0, 0.1) is 0 Å². The Bertz CT molecular complexity index is 2850. The highest BCUT2D eigenvalue weighted by atomic mass is 79.9. The third-order valence-electron chi connectivity index (χ3n) is 19.7. The van der Waals surface area contributed by atoms with Gasteiger partial charge in [-0.05, 0) is 125 Å². The number of amides is 8. The lowest BCUT2D eigenvalue weighted by Crippen LogP contribution is -2.47. The molecule has 0 spiro atoms. The van der Waals surface area contributed by atoms with Crippen molar-refractivity contribution in [3.8, 4) is 0 Å². The van der Waals surface area contributed by atoms with Gasteiger partial charge in [0.15, 0.2) is 0 Å². The highest BCUT2D eigenvalue weighted by Crippen LogP contribution is 2.18. The van der Waals surface area contributed by atoms with Crippen LogP contribution in [0.2, 0.25) is 0 Å². The van der Waals surface area contributed by atoms with E-state index in [0.29, 0.717) is 169 Å². The summed E-state index contributed by atoms with van der Waals surface area (Å²) in [4.78, 5) is 125. The SMILES string of the molecule is CC(C)(C)OC(=O)N1CCN(CC(O)CBr)CCN(C(=O)OC(C)(C)C)CC1.CC(C)(C)OC(=O)NCCN1CCN(C=O)CCN(CC(O)CN2CCN(C(=O)OC(C)(C)C)CCN(C(=O)OC(C)(C)C)CC2)CC1.CC(C)(C)OC(=O)NCCN1CCNCCN(C=O)CC1.Cl.NCCN1CCNCCN(CC(O)CN2CCNCCNCC2)CC1. The Kier molecular flexibility index (Phi) is 55.3. The van der Waals surface area contributed by atoms with Crippen molar-refractivity contribution >= 4 is 77.7 Å². The maximum absolute atomic E-state index is 13.0. The van der Waals surface area contributed by atoms with E-state index in [1.807, 2.05) is 130 Å². The predicted octanol–water partition coefficient (Wildman–Crippen LogP) is 1.57. The van der Waals surface area contributed by atoms with Crippen LogP contribution in [0.25, 0.3) is 0 Å². The summed E-state index contributed by atoms with van der Waals surface area (Å²) >= 11 is 3.28. The van der Waals surface area contributed by atoms with E-state index >= 15 is 0 Å². The van der Waals surface area contributed by atoms with Crippen molar-refractivity contribution in [1.29, 1.82) is 0 Å². The summed E-state index contributed by atoms with van der Waals surface area (Å²) in [6, 6.07) is 0. The molecular formula is C83H167BrClN21O17. The van der Waals surface area contributed by atoms with Gasteiger partial charge >= 0.3 is 36.6 Å². The number of nitrogens with one attached hydrogen (secondary N) is 6. The fourth-order valence-corrected chi connectivity index (χ4v) is 13.7. The van der Waals surface area contributed by atoms with Crippen LogP contribution in [0.3, 0.4) is 0 Å². The van der Waals surface area contributed by atoms with Gasteiger partial charge in [-0.2, -0.15) is 0 Å². The number of nitrogens with two attached hydrogens (primary N) is 1. The minimum atomic E-state index is -0.719. The van der Waals surface area contributed by atoms with Crippen molar-refractivity contribution in [1.82, 2.24) is 100 Å². The fourth-order valence-electron chi connectivity index (χ4n) is 13.5. The number of carbonyl (C=O) groups is 8. The Hall–Kier alpha value is -5.31. The number of halogens is 2. The molecule has 6 aliphatic heterocycles. The number of aliphatic hydroxyl groups excluding tert-OH is 3. The number of carbonyl (C=O) groups excluding carboxylic acids is 8. The predicted molar refractivity (Wildman–Crippen MR) is 486 cm³/mol. The number of alkyl halides is 1.